The van der Waals surface area contributed by atoms with Gasteiger partial charge in [0.25, 0.3) is 5.91 Å². The van der Waals surface area contributed by atoms with Crippen LogP contribution in [0, 0.1) is 6.92 Å². The van der Waals surface area contributed by atoms with E-state index < -0.39 is 0 Å². The monoisotopic (exact) mass is 177 g/mol. The molecule has 0 bridgehead atoms. The third-order valence-electron chi connectivity index (χ3n) is 2.33. The first-order valence-corrected chi connectivity index (χ1v) is 4.19. The maximum absolute atomic E-state index is 11.6. The highest BCUT2D eigenvalue weighted by molar-refractivity contribution is 5.95. The first-order chi connectivity index (χ1) is 6.20. The van der Waals surface area contributed by atoms with E-state index in [0.29, 0.717) is 6.61 Å². The Morgan fingerprint density at radius 2 is 2.23 bits per heavy atom. The number of aryl methyl sites for hydroxylation is 1. The summed E-state index contributed by atoms with van der Waals surface area (Å²) in [6.45, 7) is 2.48. The number of hydrogen-bond acceptors (Lipinski definition) is 2. The molecule has 0 aliphatic carbocycles. The molecule has 1 aromatic carbocycles. The Balaban J connectivity index is 2.55. The summed E-state index contributed by atoms with van der Waals surface area (Å²) in [5, 5.41) is 1.28. The maximum atomic E-state index is 11.6. The first kappa shape index (κ1) is 8.26. The molecule has 0 radical (unpaired) electrons. The minimum absolute atomic E-state index is 0.0649. The zero-order valence-corrected chi connectivity index (χ0v) is 7.70. The number of benzene rings is 1. The van der Waals surface area contributed by atoms with Gasteiger partial charge in [-0.2, -0.15) is 0 Å². The van der Waals surface area contributed by atoms with Crippen molar-refractivity contribution >= 4 is 5.91 Å². The number of amides is 1. The third kappa shape index (κ3) is 1.21. The fourth-order valence-corrected chi connectivity index (χ4v) is 1.48. The fourth-order valence-electron chi connectivity index (χ4n) is 1.48. The molecule has 3 heteroatoms. The highest BCUT2D eigenvalue weighted by Gasteiger charge is 2.22. The Hall–Kier alpha value is -1.35. The predicted octanol–water partition coefficient (Wildman–Crippen LogP) is 1.51. The zero-order chi connectivity index (χ0) is 9.42. The molecule has 1 aliphatic rings. The zero-order valence-electron chi connectivity index (χ0n) is 7.70. The van der Waals surface area contributed by atoms with Gasteiger partial charge in [-0.15, -0.1) is 0 Å². The molecule has 1 amide bonds. The summed E-state index contributed by atoms with van der Waals surface area (Å²) in [5.41, 5.74) is 2.87. The quantitative estimate of drug-likeness (QED) is 0.601. The molecule has 1 aliphatic heterocycles. The highest BCUT2D eigenvalue weighted by atomic mass is 16.7. The number of rotatable bonds is 0. The van der Waals surface area contributed by atoms with E-state index in [4.69, 9.17) is 4.84 Å². The van der Waals surface area contributed by atoms with E-state index in [0.717, 1.165) is 16.7 Å². The Morgan fingerprint density at radius 3 is 3.00 bits per heavy atom. The molecule has 0 N–H and O–H groups in total. The van der Waals surface area contributed by atoms with E-state index in [1.54, 1.807) is 7.05 Å². The highest BCUT2D eigenvalue weighted by Crippen LogP contribution is 2.21. The summed E-state index contributed by atoms with van der Waals surface area (Å²) in [5.74, 6) is -0.0649. The van der Waals surface area contributed by atoms with Crippen molar-refractivity contribution in [2.45, 2.75) is 13.5 Å². The Labute approximate surface area is 76.9 Å². The molecule has 3 nitrogen and oxygen atoms in total. The summed E-state index contributed by atoms with van der Waals surface area (Å²) in [6.07, 6.45) is 0. The number of fused-ring (bicyclic) bond motifs is 1. The molecule has 1 aromatic rings. The van der Waals surface area contributed by atoms with Crippen LogP contribution in [-0.2, 0) is 11.4 Å². The van der Waals surface area contributed by atoms with E-state index in [1.807, 2.05) is 25.1 Å². The summed E-state index contributed by atoms with van der Waals surface area (Å²) in [4.78, 5) is 16.8. The number of hydroxylamine groups is 2. The SMILES string of the molecule is Cc1cccc2c1CON(C)C2=O. The van der Waals surface area contributed by atoms with E-state index in [2.05, 4.69) is 0 Å². The molecular formula is C10H11NO2. The van der Waals surface area contributed by atoms with Crippen LogP contribution in [0.15, 0.2) is 18.2 Å². The minimum atomic E-state index is -0.0649. The van der Waals surface area contributed by atoms with Gasteiger partial charge in [-0.3, -0.25) is 9.63 Å². The number of carbonyl (C=O) groups is 1. The van der Waals surface area contributed by atoms with Gasteiger partial charge in [0.15, 0.2) is 0 Å². The Kier molecular flexibility index (Phi) is 1.81. The normalized spacial score (nSPS) is 15.8. The molecule has 2 rings (SSSR count). The second-order valence-corrected chi connectivity index (χ2v) is 3.18. The predicted molar refractivity (Wildman–Crippen MR) is 48.1 cm³/mol. The van der Waals surface area contributed by atoms with Crippen LogP contribution in [-0.4, -0.2) is 18.0 Å². The summed E-state index contributed by atoms with van der Waals surface area (Å²) >= 11 is 0. The fraction of sp³-hybridized carbons (Fsp3) is 0.300. The Bertz CT molecular complexity index is 360. The van der Waals surface area contributed by atoms with E-state index in [-0.39, 0.29) is 5.91 Å². The largest absolute Gasteiger partial charge is 0.277 e. The molecule has 13 heavy (non-hydrogen) atoms. The maximum Gasteiger partial charge on any atom is 0.277 e. The smallest absolute Gasteiger partial charge is 0.267 e. The second-order valence-electron chi connectivity index (χ2n) is 3.18. The Morgan fingerprint density at radius 1 is 1.46 bits per heavy atom. The molecule has 68 valence electrons. The number of carbonyl (C=O) groups excluding carboxylic acids is 1. The van der Waals surface area contributed by atoms with Crippen LogP contribution >= 0.6 is 0 Å². The lowest BCUT2D eigenvalue weighted by Gasteiger charge is -2.25. The topological polar surface area (TPSA) is 29.5 Å². The second kappa shape index (κ2) is 2.85. The molecule has 0 spiro atoms. The van der Waals surface area contributed by atoms with Gasteiger partial charge in [-0.25, -0.2) is 5.06 Å². The van der Waals surface area contributed by atoms with Crippen LogP contribution in [0.1, 0.15) is 21.5 Å². The summed E-state index contributed by atoms with van der Waals surface area (Å²) < 4.78 is 0. The molecule has 0 aromatic heterocycles. The first-order valence-electron chi connectivity index (χ1n) is 4.19. The average Bonchev–Trinajstić information content (AvgIpc) is 2.12. The van der Waals surface area contributed by atoms with Gasteiger partial charge in [-0.1, -0.05) is 12.1 Å². The van der Waals surface area contributed by atoms with Gasteiger partial charge in [0.2, 0.25) is 0 Å². The van der Waals surface area contributed by atoms with E-state index in [1.165, 1.54) is 5.06 Å². The van der Waals surface area contributed by atoms with Gasteiger partial charge in [0, 0.05) is 12.6 Å². The lowest BCUT2D eigenvalue weighted by molar-refractivity contribution is -0.123. The van der Waals surface area contributed by atoms with Crippen molar-refractivity contribution in [1.82, 2.24) is 5.06 Å². The standard InChI is InChI=1S/C10H11NO2/c1-7-4-3-5-8-9(7)6-13-11(2)10(8)12/h3-5H,6H2,1-2H3. The van der Waals surface area contributed by atoms with Crippen molar-refractivity contribution in [3.05, 3.63) is 34.9 Å². The van der Waals surface area contributed by atoms with Gasteiger partial charge in [0.1, 0.15) is 6.61 Å². The van der Waals surface area contributed by atoms with Crippen LogP contribution in [0.3, 0.4) is 0 Å². The van der Waals surface area contributed by atoms with Crippen LogP contribution in [0.2, 0.25) is 0 Å². The van der Waals surface area contributed by atoms with Crippen molar-refractivity contribution in [3.63, 3.8) is 0 Å². The third-order valence-corrected chi connectivity index (χ3v) is 2.33. The lowest BCUT2D eigenvalue weighted by Crippen LogP contribution is -2.32. The van der Waals surface area contributed by atoms with Gasteiger partial charge in [-0.05, 0) is 24.1 Å². The lowest BCUT2D eigenvalue weighted by atomic mass is 10.0. The molecule has 0 atom stereocenters. The number of hydrogen-bond donors (Lipinski definition) is 0. The van der Waals surface area contributed by atoms with Gasteiger partial charge in [0.05, 0.1) is 0 Å². The van der Waals surface area contributed by atoms with Gasteiger partial charge >= 0.3 is 0 Å². The van der Waals surface area contributed by atoms with Crippen molar-refractivity contribution in [2.24, 2.45) is 0 Å². The summed E-state index contributed by atoms with van der Waals surface area (Å²) in [7, 11) is 1.63. The van der Waals surface area contributed by atoms with E-state index in [9.17, 15) is 4.79 Å². The van der Waals surface area contributed by atoms with E-state index >= 15 is 0 Å². The van der Waals surface area contributed by atoms with Gasteiger partial charge < -0.3 is 0 Å². The molecule has 0 fully saturated rings. The molecule has 1 heterocycles. The van der Waals surface area contributed by atoms with Crippen molar-refractivity contribution in [3.8, 4) is 0 Å². The molecule has 0 unspecified atom stereocenters. The van der Waals surface area contributed by atoms with Crippen molar-refractivity contribution < 1.29 is 9.63 Å². The average molecular weight is 177 g/mol. The number of nitrogens with zero attached hydrogens (tertiary/aromatic N) is 1. The molecule has 0 saturated carbocycles. The minimum Gasteiger partial charge on any atom is -0.267 e. The van der Waals surface area contributed by atoms with Crippen molar-refractivity contribution in [1.29, 1.82) is 0 Å². The van der Waals surface area contributed by atoms with Crippen LogP contribution in [0.5, 0.6) is 0 Å². The van der Waals surface area contributed by atoms with Crippen LogP contribution in [0.4, 0.5) is 0 Å². The molecular weight excluding hydrogens is 166 g/mol. The van der Waals surface area contributed by atoms with Crippen molar-refractivity contribution in [2.75, 3.05) is 7.05 Å². The molecule has 0 saturated heterocycles. The van der Waals surface area contributed by atoms with Crippen LogP contribution in [0.25, 0.3) is 0 Å². The summed E-state index contributed by atoms with van der Waals surface area (Å²) in [6, 6.07) is 5.72. The van der Waals surface area contributed by atoms with Crippen LogP contribution < -0.4 is 0 Å².